The number of rotatable bonds is 0. The van der Waals surface area contributed by atoms with Crippen LogP contribution in [0.1, 0.15) is 0 Å². The minimum atomic E-state index is -0.935. The molecule has 0 unspecified atom stereocenters. The Bertz CT molecular complexity index is 177. The summed E-state index contributed by atoms with van der Waals surface area (Å²) in [5.41, 5.74) is 0. The molecule has 0 saturated heterocycles. The molecule has 0 fully saturated rings. The first-order chi connectivity index (χ1) is 4.20. The van der Waals surface area contributed by atoms with E-state index in [1.807, 2.05) is 0 Å². The van der Waals surface area contributed by atoms with Crippen molar-refractivity contribution in [1.82, 2.24) is 5.32 Å². The lowest BCUT2D eigenvalue weighted by Gasteiger charge is -2.07. The van der Waals surface area contributed by atoms with Crippen LogP contribution in [-0.4, -0.2) is 6.21 Å². The van der Waals surface area contributed by atoms with Crippen LogP contribution in [-0.2, 0) is 0 Å². The van der Waals surface area contributed by atoms with Gasteiger partial charge in [-0.2, -0.15) is 8.78 Å². The lowest BCUT2D eigenvalue weighted by molar-refractivity contribution is 0.399. The molecule has 1 heterocycles. The lowest BCUT2D eigenvalue weighted by Crippen LogP contribution is -2.17. The molecule has 49 valence electrons. The third-order valence-electron chi connectivity index (χ3n) is 0.714. The predicted molar refractivity (Wildman–Crippen MR) is 33.0 cm³/mol. The zero-order valence-corrected chi connectivity index (χ0v) is 5.74. The summed E-state index contributed by atoms with van der Waals surface area (Å²) >= 11 is 2.79. The van der Waals surface area contributed by atoms with Crippen LogP contribution in [0.3, 0.4) is 0 Å². The maximum atomic E-state index is 12.2. The van der Waals surface area contributed by atoms with E-state index >= 15 is 0 Å². The van der Waals surface area contributed by atoms with Crippen molar-refractivity contribution < 1.29 is 8.78 Å². The molecular weight excluding hydrogens is 194 g/mol. The zero-order chi connectivity index (χ0) is 6.85. The Morgan fingerprint density at radius 1 is 1.56 bits per heavy atom. The summed E-state index contributed by atoms with van der Waals surface area (Å²) in [6.45, 7) is 0. The van der Waals surface area contributed by atoms with Crippen molar-refractivity contribution in [2.45, 2.75) is 0 Å². The number of allylic oxidation sites excluding steroid dienone is 1. The largest absolute Gasteiger partial charge is 0.352 e. The highest BCUT2D eigenvalue weighted by atomic mass is 79.9. The van der Waals surface area contributed by atoms with Crippen LogP contribution in [0.2, 0.25) is 0 Å². The van der Waals surface area contributed by atoms with Crippen LogP contribution in [0, 0.1) is 6.42 Å². The smallest absolute Gasteiger partial charge is 0.304 e. The van der Waals surface area contributed by atoms with Crippen LogP contribution in [0.25, 0.3) is 0 Å². The van der Waals surface area contributed by atoms with Gasteiger partial charge < -0.3 is 5.32 Å². The van der Waals surface area contributed by atoms with Gasteiger partial charge in [-0.25, -0.2) is 4.99 Å². The predicted octanol–water partition coefficient (Wildman–Crippen LogP) is 1.61. The van der Waals surface area contributed by atoms with Gasteiger partial charge in [0, 0.05) is 6.21 Å². The van der Waals surface area contributed by atoms with E-state index in [2.05, 4.69) is 20.9 Å². The van der Waals surface area contributed by atoms with Gasteiger partial charge in [-0.1, -0.05) is 0 Å². The molecule has 9 heavy (non-hydrogen) atoms. The maximum absolute atomic E-state index is 12.2. The second-order valence-electron chi connectivity index (χ2n) is 1.34. The molecule has 0 aromatic carbocycles. The molecule has 1 N–H and O–H groups in total. The summed E-state index contributed by atoms with van der Waals surface area (Å²) < 4.78 is 24.2. The number of nitrogens with one attached hydrogen (secondary N) is 1. The molecule has 1 aliphatic rings. The molecular formula is C4H2BrF2N2. The number of hydrogen-bond donors (Lipinski definition) is 1. The first-order valence-corrected chi connectivity index (χ1v) is 2.88. The van der Waals surface area contributed by atoms with E-state index in [0.717, 1.165) is 6.21 Å². The van der Waals surface area contributed by atoms with Crippen LogP contribution >= 0.6 is 15.9 Å². The molecule has 0 aromatic rings. The van der Waals surface area contributed by atoms with Crippen molar-refractivity contribution in [3.63, 3.8) is 0 Å². The van der Waals surface area contributed by atoms with Gasteiger partial charge >= 0.3 is 6.42 Å². The molecule has 2 nitrogen and oxygen atoms in total. The second kappa shape index (κ2) is 2.43. The molecule has 0 amide bonds. The van der Waals surface area contributed by atoms with Crippen LogP contribution in [0.5, 0.6) is 0 Å². The maximum Gasteiger partial charge on any atom is 0.352 e. The molecule has 0 bridgehead atoms. The van der Waals surface area contributed by atoms with Crippen molar-refractivity contribution in [3.05, 3.63) is 16.9 Å². The van der Waals surface area contributed by atoms with E-state index in [4.69, 9.17) is 0 Å². The van der Waals surface area contributed by atoms with Crippen molar-refractivity contribution in [2.75, 3.05) is 0 Å². The molecule has 5 heteroatoms. The highest BCUT2D eigenvalue weighted by molar-refractivity contribution is 9.12. The lowest BCUT2D eigenvalue weighted by atomic mass is 10.6. The van der Waals surface area contributed by atoms with Crippen molar-refractivity contribution in [3.8, 4) is 0 Å². The second-order valence-corrected chi connectivity index (χ2v) is 2.19. The van der Waals surface area contributed by atoms with E-state index in [0.29, 0.717) is 0 Å². The molecule has 1 radical (unpaired) electrons. The topological polar surface area (TPSA) is 24.4 Å². The number of hydrogen-bond acceptors (Lipinski definition) is 2. The average Bonchev–Trinajstić information content (AvgIpc) is 1.80. The van der Waals surface area contributed by atoms with Gasteiger partial charge in [-0.15, -0.1) is 0 Å². The van der Waals surface area contributed by atoms with Crippen LogP contribution in [0.15, 0.2) is 15.4 Å². The molecule has 1 aliphatic heterocycles. The molecule has 0 atom stereocenters. The molecule has 0 aromatic heterocycles. The Kier molecular flexibility index (Phi) is 1.80. The molecule has 1 rings (SSSR count). The first kappa shape index (κ1) is 6.67. The van der Waals surface area contributed by atoms with Gasteiger partial charge in [-0.3, -0.25) is 0 Å². The van der Waals surface area contributed by atoms with E-state index < -0.39 is 12.4 Å². The minimum absolute atomic E-state index is 0.115. The summed E-state index contributed by atoms with van der Waals surface area (Å²) in [6, 6.07) is 0. The third kappa shape index (κ3) is 1.48. The molecule has 0 aliphatic carbocycles. The zero-order valence-electron chi connectivity index (χ0n) is 4.16. The molecule has 0 saturated carbocycles. The average molecular weight is 196 g/mol. The summed E-state index contributed by atoms with van der Waals surface area (Å²) in [7, 11) is 0. The Morgan fingerprint density at radius 2 is 2.22 bits per heavy atom. The Labute approximate surface area is 58.8 Å². The van der Waals surface area contributed by atoms with Crippen LogP contribution in [0.4, 0.5) is 8.78 Å². The van der Waals surface area contributed by atoms with Crippen molar-refractivity contribution in [1.29, 1.82) is 0 Å². The monoisotopic (exact) mass is 195 g/mol. The van der Waals surface area contributed by atoms with Crippen molar-refractivity contribution >= 4 is 22.1 Å². The quantitative estimate of drug-likeness (QED) is 0.584. The Morgan fingerprint density at radius 3 is 2.67 bits per heavy atom. The van der Waals surface area contributed by atoms with E-state index in [1.165, 1.54) is 0 Å². The summed E-state index contributed by atoms with van der Waals surface area (Å²) in [5.74, 6) is -0.762. The summed E-state index contributed by atoms with van der Waals surface area (Å²) in [4.78, 5) is 3.13. The van der Waals surface area contributed by atoms with Crippen LogP contribution < -0.4 is 5.32 Å². The highest BCUT2D eigenvalue weighted by Crippen LogP contribution is 2.16. The van der Waals surface area contributed by atoms with Gasteiger partial charge in [0.2, 0.25) is 5.95 Å². The van der Waals surface area contributed by atoms with Gasteiger partial charge in [0.15, 0.2) is 0 Å². The fourth-order valence-electron chi connectivity index (χ4n) is 0.353. The van der Waals surface area contributed by atoms with Gasteiger partial charge in [0.25, 0.3) is 0 Å². The summed E-state index contributed by atoms with van der Waals surface area (Å²) in [6.07, 6.45) is 0.108. The standard InChI is InChI=1S/C4H2BrF2N2/c5-2-1-8-4(7)9-3(2)6/h1,9H. The highest BCUT2D eigenvalue weighted by Gasteiger charge is 2.14. The third-order valence-corrected chi connectivity index (χ3v) is 1.27. The molecule has 0 spiro atoms. The Hall–Kier alpha value is -0.450. The summed E-state index contributed by atoms with van der Waals surface area (Å²) in [5, 5.41) is 1.75. The van der Waals surface area contributed by atoms with E-state index in [1.54, 1.807) is 5.32 Å². The fraction of sp³-hybridized carbons (Fsp3) is 0. The number of halogens is 3. The fourth-order valence-corrected chi connectivity index (χ4v) is 0.554. The van der Waals surface area contributed by atoms with Gasteiger partial charge in [-0.05, 0) is 15.9 Å². The van der Waals surface area contributed by atoms with E-state index in [9.17, 15) is 8.78 Å². The SMILES string of the molecule is F[C]1N=CC(Br)=C(F)N1. The number of aliphatic imine (C=N–C) groups is 1. The van der Waals surface area contributed by atoms with Gasteiger partial charge in [0.1, 0.15) is 0 Å². The first-order valence-electron chi connectivity index (χ1n) is 2.09. The van der Waals surface area contributed by atoms with Gasteiger partial charge in [0.05, 0.1) is 4.48 Å². The Balaban J connectivity index is 2.75. The van der Waals surface area contributed by atoms with Crippen molar-refractivity contribution in [2.24, 2.45) is 4.99 Å². The number of nitrogens with zero attached hydrogens (tertiary/aromatic N) is 1. The normalized spacial score (nSPS) is 20.3. The van der Waals surface area contributed by atoms with E-state index in [-0.39, 0.29) is 4.48 Å². The minimum Gasteiger partial charge on any atom is -0.304 e.